The average molecular weight is 252 g/mol. The average Bonchev–Trinajstić information content (AvgIpc) is 2.17. The number of halogens is 4. The first-order chi connectivity index (χ1) is 7.31. The van der Waals surface area contributed by atoms with Gasteiger partial charge in [-0.25, -0.2) is 0 Å². The van der Waals surface area contributed by atoms with E-state index in [1.165, 1.54) is 0 Å². The van der Waals surface area contributed by atoms with Gasteiger partial charge in [0.15, 0.2) is 0 Å². The third-order valence-corrected chi connectivity index (χ3v) is 2.88. The fourth-order valence-corrected chi connectivity index (χ4v) is 1.70. The predicted octanol–water partition coefficient (Wildman–Crippen LogP) is 3.99. The number of alkyl halides is 3. The summed E-state index contributed by atoms with van der Waals surface area (Å²) >= 11 is 5.98. The van der Waals surface area contributed by atoms with Crippen LogP contribution in [0.2, 0.25) is 5.02 Å². The van der Waals surface area contributed by atoms with E-state index in [1.54, 1.807) is 25.1 Å². The largest absolute Gasteiger partial charge is 0.389 e. The molecule has 0 fully saturated rings. The number of hydrogen-bond donors (Lipinski definition) is 1. The van der Waals surface area contributed by atoms with Crippen LogP contribution >= 0.6 is 11.6 Å². The molecule has 0 saturated heterocycles. The Bertz CT molecular complexity index is 363. The Hall–Kier alpha value is -0.740. The van der Waals surface area contributed by atoms with Crippen molar-refractivity contribution in [1.82, 2.24) is 0 Å². The molecule has 0 aliphatic rings. The smallest absolute Gasteiger partial charge is 0.324 e. The Labute approximate surface area is 97.4 Å². The lowest BCUT2D eigenvalue weighted by Gasteiger charge is -2.15. The van der Waals surface area contributed by atoms with E-state index in [1.807, 2.05) is 0 Å². The summed E-state index contributed by atoms with van der Waals surface area (Å²) < 4.78 is 36.1. The van der Waals surface area contributed by atoms with Gasteiger partial charge < -0.3 is 5.73 Å². The Kier molecular flexibility index (Phi) is 4.21. The van der Waals surface area contributed by atoms with Crippen molar-refractivity contribution in [3.8, 4) is 0 Å². The Morgan fingerprint density at radius 3 is 2.56 bits per heavy atom. The van der Waals surface area contributed by atoms with Crippen LogP contribution in [0.5, 0.6) is 0 Å². The highest BCUT2D eigenvalue weighted by atomic mass is 35.5. The van der Waals surface area contributed by atoms with Crippen molar-refractivity contribution < 1.29 is 13.2 Å². The van der Waals surface area contributed by atoms with Crippen LogP contribution in [0.25, 0.3) is 0 Å². The van der Waals surface area contributed by atoms with Crippen LogP contribution in [-0.2, 0) is 0 Å². The van der Waals surface area contributed by atoms with Crippen LogP contribution in [0.3, 0.4) is 0 Å². The number of hydrogen-bond acceptors (Lipinski definition) is 1. The van der Waals surface area contributed by atoms with E-state index in [-0.39, 0.29) is 6.42 Å². The van der Waals surface area contributed by atoms with Gasteiger partial charge in [0.2, 0.25) is 0 Å². The van der Waals surface area contributed by atoms with Crippen molar-refractivity contribution in [2.24, 2.45) is 5.73 Å². The van der Waals surface area contributed by atoms with Crippen LogP contribution in [0.1, 0.15) is 30.0 Å². The number of nitrogens with two attached hydrogens (primary N) is 1. The minimum absolute atomic E-state index is 0.146. The summed E-state index contributed by atoms with van der Waals surface area (Å²) in [6, 6.07) is 4.52. The summed E-state index contributed by atoms with van der Waals surface area (Å²) in [5, 5.41) is 0.456. The van der Waals surface area contributed by atoms with Gasteiger partial charge in [-0.15, -0.1) is 0 Å². The van der Waals surface area contributed by atoms with Gasteiger partial charge in [0.05, 0.1) is 0 Å². The molecule has 5 heteroatoms. The van der Waals surface area contributed by atoms with E-state index in [2.05, 4.69) is 0 Å². The van der Waals surface area contributed by atoms with Crippen LogP contribution < -0.4 is 5.73 Å². The number of benzene rings is 1. The van der Waals surface area contributed by atoms with Crippen molar-refractivity contribution in [3.63, 3.8) is 0 Å². The highest BCUT2D eigenvalue weighted by molar-refractivity contribution is 6.32. The Morgan fingerprint density at radius 2 is 2.00 bits per heavy atom. The molecule has 1 nitrogen and oxygen atoms in total. The van der Waals surface area contributed by atoms with Crippen LogP contribution in [0.15, 0.2) is 18.2 Å². The maximum atomic E-state index is 12.0. The highest BCUT2D eigenvalue weighted by Gasteiger charge is 2.28. The molecule has 1 rings (SSSR count). The molecule has 0 radical (unpaired) electrons. The second-order valence-electron chi connectivity index (χ2n) is 3.74. The molecule has 0 bridgehead atoms. The van der Waals surface area contributed by atoms with E-state index in [4.69, 9.17) is 17.3 Å². The summed E-state index contributed by atoms with van der Waals surface area (Å²) in [7, 11) is 0. The molecule has 0 aliphatic carbocycles. The summed E-state index contributed by atoms with van der Waals surface area (Å²) in [4.78, 5) is 0. The minimum atomic E-state index is -4.17. The molecule has 1 unspecified atom stereocenters. The van der Waals surface area contributed by atoms with E-state index in [9.17, 15) is 13.2 Å². The standard InChI is InChI=1S/C11H13ClF3N/c1-7-3-2-4-8(10(7)12)9(16)5-6-11(13,14)15/h2-4,9H,5-6,16H2,1H3. The molecule has 90 valence electrons. The van der Waals surface area contributed by atoms with E-state index < -0.39 is 18.6 Å². The van der Waals surface area contributed by atoms with Crippen molar-refractivity contribution >= 4 is 11.6 Å². The molecule has 1 atom stereocenters. The predicted molar refractivity (Wildman–Crippen MR) is 58.4 cm³/mol. The molecule has 1 aromatic carbocycles. The third kappa shape index (κ3) is 3.68. The molecule has 1 aromatic rings. The second kappa shape index (κ2) is 5.06. The molecule has 16 heavy (non-hydrogen) atoms. The fourth-order valence-electron chi connectivity index (χ4n) is 1.43. The SMILES string of the molecule is Cc1cccc(C(N)CCC(F)(F)F)c1Cl. The van der Waals surface area contributed by atoms with Crippen molar-refractivity contribution in [2.75, 3.05) is 0 Å². The molecule has 0 spiro atoms. The monoisotopic (exact) mass is 251 g/mol. The van der Waals surface area contributed by atoms with Gasteiger partial charge in [0.1, 0.15) is 0 Å². The zero-order chi connectivity index (χ0) is 12.3. The third-order valence-electron chi connectivity index (χ3n) is 2.36. The van der Waals surface area contributed by atoms with Crippen LogP contribution in [-0.4, -0.2) is 6.18 Å². The van der Waals surface area contributed by atoms with E-state index in [0.29, 0.717) is 10.6 Å². The van der Waals surface area contributed by atoms with Crippen LogP contribution in [0.4, 0.5) is 13.2 Å². The zero-order valence-corrected chi connectivity index (χ0v) is 9.57. The van der Waals surface area contributed by atoms with Gasteiger partial charge in [0.25, 0.3) is 0 Å². The van der Waals surface area contributed by atoms with Gasteiger partial charge in [-0.1, -0.05) is 29.8 Å². The fraction of sp³-hybridized carbons (Fsp3) is 0.455. The summed E-state index contributed by atoms with van der Waals surface area (Å²) in [5.74, 6) is 0. The minimum Gasteiger partial charge on any atom is -0.324 e. The molecule has 0 heterocycles. The van der Waals surface area contributed by atoms with Gasteiger partial charge in [-0.2, -0.15) is 13.2 Å². The van der Waals surface area contributed by atoms with Gasteiger partial charge in [-0.05, 0) is 24.5 Å². The molecule has 0 saturated carbocycles. The van der Waals surface area contributed by atoms with Gasteiger partial charge in [-0.3, -0.25) is 0 Å². The lowest BCUT2D eigenvalue weighted by molar-refractivity contribution is -0.136. The van der Waals surface area contributed by atoms with Crippen molar-refractivity contribution in [3.05, 3.63) is 34.3 Å². The summed E-state index contributed by atoms with van der Waals surface area (Å²) in [6.07, 6.45) is -5.21. The lowest BCUT2D eigenvalue weighted by atomic mass is 10.0. The van der Waals surface area contributed by atoms with E-state index >= 15 is 0 Å². The normalized spacial score (nSPS) is 13.9. The molecular formula is C11H13ClF3N. The molecular weight excluding hydrogens is 239 g/mol. The van der Waals surface area contributed by atoms with Gasteiger partial charge in [0, 0.05) is 17.5 Å². The molecule has 2 N–H and O–H groups in total. The summed E-state index contributed by atoms with van der Waals surface area (Å²) in [6.45, 7) is 1.79. The first-order valence-corrected chi connectivity index (χ1v) is 5.26. The Balaban J connectivity index is 2.73. The highest BCUT2D eigenvalue weighted by Crippen LogP contribution is 2.30. The van der Waals surface area contributed by atoms with Crippen molar-refractivity contribution in [2.45, 2.75) is 32.0 Å². The number of aryl methyl sites for hydroxylation is 1. The lowest BCUT2D eigenvalue weighted by Crippen LogP contribution is -2.16. The quantitative estimate of drug-likeness (QED) is 0.864. The zero-order valence-electron chi connectivity index (χ0n) is 8.81. The maximum Gasteiger partial charge on any atom is 0.389 e. The van der Waals surface area contributed by atoms with Crippen molar-refractivity contribution in [1.29, 1.82) is 0 Å². The first kappa shape index (κ1) is 13.3. The molecule has 0 aliphatic heterocycles. The number of rotatable bonds is 3. The maximum absolute atomic E-state index is 12.0. The topological polar surface area (TPSA) is 26.0 Å². The van der Waals surface area contributed by atoms with E-state index in [0.717, 1.165) is 5.56 Å². The molecule has 0 aromatic heterocycles. The molecule has 0 amide bonds. The van der Waals surface area contributed by atoms with Gasteiger partial charge >= 0.3 is 6.18 Å². The Morgan fingerprint density at radius 1 is 1.38 bits per heavy atom. The van der Waals surface area contributed by atoms with Crippen LogP contribution in [0, 0.1) is 6.92 Å². The summed E-state index contributed by atoms with van der Waals surface area (Å²) in [5.41, 5.74) is 7.08. The first-order valence-electron chi connectivity index (χ1n) is 4.88. The second-order valence-corrected chi connectivity index (χ2v) is 4.12.